The fraction of sp³-hybridized carbons (Fsp3) is 1.00. The summed E-state index contributed by atoms with van der Waals surface area (Å²) in [6.07, 6.45) is 23.0. The summed E-state index contributed by atoms with van der Waals surface area (Å²) in [7, 11) is -0.422. The highest BCUT2D eigenvalue weighted by Crippen LogP contribution is 2.22. The molecule has 0 aliphatic heterocycles. The van der Waals surface area contributed by atoms with Gasteiger partial charge in [0.15, 0.2) is 0 Å². The molecule has 0 radical (unpaired) electrons. The van der Waals surface area contributed by atoms with E-state index in [4.69, 9.17) is 27.5 Å². The summed E-state index contributed by atoms with van der Waals surface area (Å²) in [5.41, 5.74) is 0. The van der Waals surface area contributed by atoms with Crippen LogP contribution >= 0.6 is 0 Å². The molecule has 7 nitrogen and oxygen atoms in total. The predicted molar refractivity (Wildman–Crippen MR) is 189 cm³/mol. The molecule has 0 saturated heterocycles. The fourth-order valence-electron chi connectivity index (χ4n) is 5.81. The average Bonchev–Trinajstić information content (AvgIpc) is 3.02. The molecule has 0 aliphatic carbocycles. The van der Waals surface area contributed by atoms with Crippen molar-refractivity contribution in [3.63, 3.8) is 0 Å². The lowest BCUT2D eigenvalue weighted by molar-refractivity contribution is -0.910. The smallest absolute Gasteiger partial charge is 0.379 e. The number of rotatable bonds is 37. The number of quaternary nitrogens is 1. The molecular weight excluding hydrogens is 570 g/mol. The van der Waals surface area contributed by atoms with E-state index in [9.17, 15) is 0 Å². The number of nitrogens with zero attached hydrogens (tertiary/aromatic N) is 1. The van der Waals surface area contributed by atoms with Crippen LogP contribution in [0.3, 0.4) is 0 Å². The number of ether oxygens (including phenoxy) is 3. The number of hydrogen-bond acceptors (Lipinski definition) is 6. The van der Waals surface area contributed by atoms with Crippen LogP contribution in [0.1, 0.15) is 144 Å². The Bertz CT molecular complexity index is 519. The van der Waals surface area contributed by atoms with Gasteiger partial charge < -0.3 is 32.0 Å². The van der Waals surface area contributed by atoms with Crippen molar-refractivity contribution in [2.45, 2.75) is 150 Å². The van der Waals surface area contributed by atoms with Crippen molar-refractivity contribution in [3.05, 3.63) is 0 Å². The van der Waals surface area contributed by atoms with Gasteiger partial charge in [0.05, 0.1) is 66.3 Å². The summed E-state index contributed by atoms with van der Waals surface area (Å²) in [6, 6.07) is 0.820. The molecule has 0 bridgehead atoms. The Morgan fingerprint density at radius 3 is 1.05 bits per heavy atom. The Morgan fingerprint density at radius 1 is 0.386 bits per heavy atom. The van der Waals surface area contributed by atoms with Gasteiger partial charge in [0.2, 0.25) is 0 Å². The first-order chi connectivity index (χ1) is 21.5. The predicted octanol–water partition coefficient (Wildman–Crippen LogP) is 9.20. The second-order valence-electron chi connectivity index (χ2n) is 12.7. The van der Waals surface area contributed by atoms with Gasteiger partial charge in [-0.05, 0) is 46.5 Å². The molecule has 0 aromatic rings. The third-order valence-corrected chi connectivity index (χ3v) is 11.4. The topological polar surface area (TPSA) is 55.4 Å². The van der Waals surface area contributed by atoms with Crippen LogP contribution in [0.15, 0.2) is 0 Å². The maximum absolute atomic E-state index is 6.47. The zero-order valence-corrected chi connectivity index (χ0v) is 31.6. The lowest BCUT2D eigenvalue weighted by Gasteiger charge is -2.36. The lowest BCUT2D eigenvalue weighted by atomic mass is 10.1. The molecule has 0 aromatic heterocycles. The van der Waals surface area contributed by atoms with Gasteiger partial charge in [0.1, 0.15) is 0 Å². The van der Waals surface area contributed by atoms with Gasteiger partial charge in [-0.25, -0.2) is 0 Å². The van der Waals surface area contributed by atoms with Crippen molar-refractivity contribution in [3.8, 4) is 0 Å². The van der Waals surface area contributed by atoms with E-state index in [0.29, 0.717) is 59.5 Å². The van der Waals surface area contributed by atoms with Gasteiger partial charge in [0.25, 0.3) is 0 Å². The Kier molecular flexibility index (Phi) is 32.8. The normalized spacial score (nSPS) is 12.4. The maximum Gasteiger partial charge on any atom is 0.501 e. The molecule has 0 aliphatic rings. The van der Waals surface area contributed by atoms with E-state index < -0.39 is 8.80 Å². The van der Waals surface area contributed by atoms with Crippen LogP contribution in [0.4, 0.5) is 0 Å². The lowest BCUT2D eigenvalue weighted by Crippen LogP contribution is -2.50. The Balaban J connectivity index is 5.21. The minimum atomic E-state index is -2.92. The van der Waals surface area contributed by atoms with Gasteiger partial charge in [-0.1, -0.05) is 90.9 Å². The molecule has 0 unspecified atom stereocenters. The second-order valence-corrected chi connectivity index (χ2v) is 15.4. The highest BCUT2D eigenvalue weighted by Gasteiger charge is 2.41. The molecule has 44 heavy (non-hydrogen) atoms. The Hall–Kier alpha value is -0.0631. The molecule has 0 spiro atoms. The molecule has 0 fully saturated rings. The monoisotopic (exact) mass is 649 g/mol. The van der Waals surface area contributed by atoms with Crippen LogP contribution in [0.25, 0.3) is 0 Å². The van der Waals surface area contributed by atoms with Crippen molar-refractivity contribution < 1.29 is 32.0 Å². The third kappa shape index (κ3) is 27.1. The molecule has 266 valence electrons. The van der Waals surface area contributed by atoms with E-state index in [2.05, 4.69) is 20.9 Å². The number of unbranched alkanes of at least 4 members (excludes halogenated alkanes) is 14. The van der Waals surface area contributed by atoms with Gasteiger partial charge >= 0.3 is 8.80 Å². The molecule has 0 aromatic carbocycles. The van der Waals surface area contributed by atoms with Crippen molar-refractivity contribution in [2.24, 2.45) is 0 Å². The Labute approximate surface area is 276 Å². The van der Waals surface area contributed by atoms with Crippen LogP contribution < -0.4 is 0 Å². The van der Waals surface area contributed by atoms with Crippen LogP contribution in [0.5, 0.6) is 0 Å². The van der Waals surface area contributed by atoms with Crippen LogP contribution in [0.2, 0.25) is 6.04 Å². The molecule has 0 rings (SSSR count). The SMILES string of the molecule is CCCCCCCCCC[N+](C)(CCCCCCCCCC)CCC[Si](OCCOCC)(OCCOCC)OCCOCC. The first kappa shape index (κ1) is 43.9. The zero-order valence-electron chi connectivity index (χ0n) is 30.6. The minimum absolute atomic E-state index is 0.492. The zero-order chi connectivity index (χ0) is 32.5. The summed E-state index contributed by atoms with van der Waals surface area (Å²) in [4.78, 5) is 0. The fourth-order valence-corrected chi connectivity index (χ4v) is 8.27. The highest BCUT2D eigenvalue weighted by atomic mass is 28.4. The highest BCUT2D eigenvalue weighted by molar-refractivity contribution is 6.60. The second kappa shape index (κ2) is 32.9. The molecule has 0 N–H and O–H groups in total. The first-order valence-corrected chi connectivity index (χ1v) is 20.9. The van der Waals surface area contributed by atoms with Gasteiger partial charge in [-0.3, -0.25) is 0 Å². The summed E-state index contributed by atoms with van der Waals surface area (Å²) in [6.45, 7) is 19.5. The van der Waals surface area contributed by atoms with Crippen molar-refractivity contribution >= 4 is 8.80 Å². The molecule has 8 heteroatoms. The number of hydrogen-bond donors (Lipinski definition) is 0. The first-order valence-electron chi connectivity index (χ1n) is 19.0. The molecule has 0 saturated carbocycles. The van der Waals surface area contributed by atoms with Crippen molar-refractivity contribution in [2.75, 3.05) is 86.1 Å². The quantitative estimate of drug-likeness (QED) is 0.0380. The van der Waals surface area contributed by atoms with Gasteiger partial charge in [-0.2, -0.15) is 0 Å². The van der Waals surface area contributed by atoms with E-state index in [1.165, 1.54) is 116 Å². The van der Waals surface area contributed by atoms with E-state index in [0.717, 1.165) is 23.5 Å². The minimum Gasteiger partial charge on any atom is -0.379 e. The average molecular weight is 649 g/mol. The van der Waals surface area contributed by atoms with Gasteiger partial charge in [0, 0.05) is 32.3 Å². The van der Waals surface area contributed by atoms with Crippen LogP contribution in [-0.2, 0) is 27.5 Å². The molecule has 0 amide bonds. The van der Waals surface area contributed by atoms with Crippen molar-refractivity contribution in [1.29, 1.82) is 0 Å². The van der Waals surface area contributed by atoms with E-state index in [1.807, 2.05) is 20.8 Å². The standard InChI is InChI=1S/C36H78NO6Si/c1-7-12-14-16-18-20-22-24-27-37(6,28-25-23-21-19-17-15-13-8-2)29-26-36-44(41-33-30-38-9-3,42-34-31-39-10-4)43-35-32-40-11-5/h7-36H2,1-6H3/q+1. The molecular formula is C36H78NO6Si+. The third-order valence-electron chi connectivity index (χ3n) is 8.55. The summed E-state index contributed by atoms with van der Waals surface area (Å²) < 4.78 is 37.3. The maximum atomic E-state index is 6.47. The van der Waals surface area contributed by atoms with Crippen molar-refractivity contribution in [1.82, 2.24) is 0 Å². The van der Waals surface area contributed by atoms with E-state index in [-0.39, 0.29) is 0 Å². The summed E-state index contributed by atoms with van der Waals surface area (Å²) >= 11 is 0. The van der Waals surface area contributed by atoms with E-state index in [1.54, 1.807) is 0 Å². The van der Waals surface area contributed by atoms with Crippen LogP contribution in [-0.4, -0.2) is 99.4 Å². The molecule has 0 heterocycles. The summed E-state index contributed by atoms with van der Waals surface area (Å²) in [5.74, 6) is 0. The van der Waals surface area contributed by atoms with Crippen LogP contribution in [0, 0.1) is 0 Å². The van der Waals surface area contributed by atoms with E-state index >= 15 is 0 Å². The largest absolute Gasteiger partial charge is 0.501 e. The molecule has 0 atom stereocenters. The van der Waals surface area contributed by atoms with Gasteiger partial charge in [-0.15, -0.1) is 0 Å². The Morgan fingerprint density at radius 2 is 0.705 bits per heavy atom. The summed E-state index contributed by atoms with van der Waals surface area (Å²) in [5, 5.41) is 0.